The summed E-state index contributed by atoms with van der Waals surface area (Å²) >= 11 is 0. The average Bonchev–Trinajstić information content (AvgIpc) is 2.66. The first-order chi connectivity index (χ1) is 11.4. The third kappa shape index (κ3) is 3.49. The lowest BCUT2D eigenvalue weighted by Gasteiger charge is -2.21. The number of hydrogen-bond donors (Lipinski definition) is 1. The largest absolute Gasteiger partial charge is 0.309 e. The fourth-order valence-electron chi connectivity index (χ4n) is 3.94. The van der Waals surface area contributed by atoms with Crippen LogP contribution in [0.2, 0.25) is 0 Å². The highest BCUT2D eigenvalue weighted by Crippen LogP contribution is 2.34. The van der Waals surface area contributed by atoms with Gasteiger partial charge in [-0.05, 0) is 49.9 Å². The summed E-state index contributed by atoms with van der Waals surface area (Å²) < 4.78 is 28.3. The van der Waals surface area contributed by atoms with Crippen molar-refractivity contribution in [3.05, 3.63) is 23.8 Å². The van der Waals surface area contributed by atoms with E-state index in [1.807, 2.05) is 6.92 Å². The van der Waals surface area contributed by atoms with Crippen LogP contribution in [0.1, 0.15) is 57.9 Å². The van der Waals surface area contributed by atoms with Crippen LogP contribution in [0.25, 0.3) is 0 Å². The second kappa shape index (κ2) is 6.84. The first-order valence-corrected chi connectivity index (χ1v) is 10.3. The van der Waals surface area contributed by atoms with Crippen molar-refractivity contribution >= 4 is 21.6 Å². The van der Waals surface area contributed by atoms with Crippen LogP contribution in [0.5, 0.6) is 0 Å². The van der Waals surface area contributed by atoms with Crippen LogP contribution in [0.3, 0.4) is 0 Å². The van der Waals surface area contributed by atoms with Crippen LogP contribution in [-0.2, 0) is 21.2 Å². The minimum absolute atomic E-state index is 0.00608. The fourth-order valence-corrected chi connectivity index (χ4v) is 5.29. The summed E-state index contributed by atoms with van der Waals surface area (Å²) in [5, 5.41) is 0. The molecule has 1 aliphatic carbocycles. The van der Waals surface area contributed by atoms with Crippen molar-refractivity contribution in [3.8, 4) is 0 Å². The molecule has 1 aromatic rings. The summed E-state index contributed by atoms with van der Waals surface area (Å²) in [5.41, 5.74) is 1.77. The van der Waals surface area contributed by atoms with Gasteiger partial charge in [0.1, 0.15) is 0 Å². The molecule has 1 fully saturated rings. The van der Waals surface area contributed by atoms with E-state index in [0.717, 1.165) is 36.9 Å². The standard InChI is InChI=1S/C18H26N2O3S/c1-13-11-15-12-17(9-10-18(15)20(13)14(2)21)24(22,23)19-16-7-5-3-4-6-8-16/h9-10,12-13,16,19H,3-8,11H2,1-2H3/t13-/m1/s1. The number of nitrogens with zero attached hydrogens (tertiary/aromatic N) is 1. The van der Waals surface area contributed by atoms with Crippen LogP contribution in [0, 0.1) is 0 Å². The van der Waals surface area contributed by atoms with Crippen LogP contribution in [0.15, 0.2) is 23.1 Å². The molecule has 0 saturated heterocycles. The van der Waals surface area contributed by atoms with E-state index in [4.69, 9.17) is 0 Å². The predicted octanol–water partition coefficient (Wildman–Crippen LogP) is 2.99. The molecule has 0 unspecified atom stereocenters. The summed E-state index contributed by atoms with van der Waals surface area (Å²) in [5.74, 6) is -0.00608. The Morgan fingerprint density at radius 1 is 1.17 bits per heavy atom. The maximum Gasteiger partial charge on any atom is 0.240 e. The number of anilines is 1. The number of rotatable bonds is 3. The number of sulfonamides is 1. The molecule has 2 aliphatic rings. The molecule has 1 saturated carbocycles. The lowest BCUT2D eigenvalue weighted by atomic mass is 10.1. The number of benzene rings is 1. The normalized spacial score (nSPS) is 22.2. The highest BCUT2D eigenvalue weighted by molar-refractivity contribution is 7.89. The van der Waals surface area contributed by atoms with Gasteiger partial charge in [-0.3, -0.25) is 4.79 Å². The first kappa shape index (κ1) is 17.4. The topological polar surface area (TPSA) is 66.5 Å². The fraction of sp³-hybridized carbons (Fsp3) is 0.611. The van der Waals surface area contributed by atoms with Crippen LogP contribution >= 0.6 is 0 Å². The molecular weight excluding hydrogens is 324 g/mol. The molecule has 5 nitrogen and oxygen atoms in total. The molecule has 6 heteroatoms. The monoisotopic (exact) mass is 350 g/mol. The van der Waals surface area contributed by atoms with E-state index >= 15 is 0 Å². The Morgan fingerprint density at radius 2 is 1.83 bits per heavy atom. The van der Waals surface area contributed by atoms with E-state index < -0.39 is 10.0 Å². The van der Waals surface area contributed by atoms with Gasteiger partial charge in [0.05, 0.1) is 4.90 Å². The maximum atomic E-state index is 12.7. The number of hydrogen-bond acceptors (Lipinski definition) is 3. The molecule has 132 valence electrons. The minimum Gasteiger partial charge on any atom is -0.309 e. The zero-order valence-electron chi connectivity index (χ0n) is 14.4. The zero-order valence-corrected chi connectivity index (χ0v) is 15.2. The number of amides is 1. The van der Waals surface area contributed by atoms with Crippen molar-refractivity contribution in [2.24, 2.45) is 0 Å². The first-order valence-electron chi connectivity index (χ1n) is 8.83. The van der Waals surface area contributed by atoms with Crippen LogP contribution < -0.4 is 9.62 Å². The molecular formula is C18H26N2O3S. The van der Waals surface area contributed by atoms with Gasteiger partial charge >= 0.3 is 0 Å². The van der Waals surface area contributed by atoms with Crippen molar-refractivity contribution in [1.29, 1.82) is 0 Å². The third-order valence-corrected chi connectivity index (χ3v) is 6.61. The summed E-state index contributed by atoms with van der Waals surface area (Å²) in [7, 11) is -3.51. The lowest BCUT2D eigenvalue weighted by Crippen LogP contribution is -2.34. The van der Waals surface area contributed by atoms with E-state index in [-0.39, 0.29) is 18.0 Å². The predicted molar refractivity (Wildman–Crippen MR) is 94.6 cm³/mol. The number of carbonyl (C=O) groups excluding carboxylic acids is 1. The Bertz CT molecular complexity index is 722. The smallest absolute Gasteiger partial charge is 0.240 e. The molecule has 1 aliphatic heterocycles. The molecule has 0 radical (unpaired) electrons. The van der Waals surface area contributed by atoms with Crippen molar-refractivity contribution in [1.82, 2.24) is 4.72 Å². The van der Waals surface area contributed by atoms with Gasteiger partial charge in [0.15, 0.2) is 0 Å². The second-order valence-electron chi connectivity index (χ2n) is 7.04. The Labute approximate surface area is 144 Å². The van der Waals surface area contributed by atoms with Crippen molar-refractivity contribution < 1.29 is 13.2 Å². The van der Waals surface area contributed by atoms with Gasteiger partial charge in [-0.15, -0.1) is 0 Å². The maximum absolute atomic E-state index is 12.7. The summed E-state index contributed by atoms with van der Waals surface area (Å²) in [6, 6.07) is 5.23. The molecule has 1 amide bonds. The molecule has 1 N–H and O–H groups in total. The third-order valence-electron chi connectivity index (χ3n) is 5.09. The Kier molecular flexibility index (Phi) is 4.97. The molecule has 3 rings (SSSR count). The SMILES string of the molecule is CC(=O)N1c2ccc(S(=O)(=O)NC3CCCCCC3)cc2C[C@H]1C. The zero-order chi connectivity index (χ0) is 17.3. The van der Waals surface area contributed by atoms with Crippen molar-refractivity contribution in [2.45, 2.75) is 75.8 Å². The summed E-state index contributed by atoms with van der Waals surface area (Å²) in [6.07, 6.45) is 7.08. The molecule has 1 atom stereocenters. The van der Waals surface area contributed by atoms with Gasteiger partial charge in [-0.2, -0.15) is 0 Å². The minimum atomic E-state index is -3.51. The van der Waals surface area contributed by atoms with Crippen LogP contribution in [0.4, 0.5) is 5.69 Å². The molecule has 1 aromatic carbocycles. The number of nitrogens with one attached hydrogen (secondary N) is 1. The number of carbonyl (C=O) groups is 1. The molecule has 0 spiro atoms. The summed E-state index contributed by atoms with van der Waals surface area (Å²) in [6.45, 7) is 3.53. The van der Waals surface area contributed by atoms with Gasteiger partial charge in [0, 0.05) is 24.7 Å². The molecule has 24 heavy (non-hydrogen) atoms. The second-order valence-corrected chi connectivity index (χ2v) is 8.76. The highest BCUT2D eigenvalue weighted by atomic mass is 32.2. The van der Waals surface area contributed by atoms with E-state index in [1.165, 1.54) is 12.8 Å². The van der Waals surface area contributed by atoms with Gasteiger partial charge in [-0.1, -0.05) is 25.7 Å². The van der Waals surface area contributed by atoms with E-state index in [0.29, 0.717) is 11.3 Å². The molecule has 1 heterocycles. The molecule has 0 bridgehead atoms. The Hall–Kier alpha value is -1.40. The highest BCUT2D eigenvalue weighted by Gasteiger charge is 2.30. The average molecular weight is 350 g/mol. The van der Waals surface area contributed by atoms with E-state index in [1.54, 1.807) is 30.0 Å². The quantitative estimate of drug-likeness (QED) is 0.852. The van der Waals surface area contributed by atoms with Gasteiger partial charge < -0.3 is 4.90 Å². The van der Waals surface area contributed by atoms with Crippen molar-refractivity contribution in [3.63, 3.8) is 0 Å². The van der Waals surface area contributed by atoms with E-state index in [9.17, 15) is 13.2 Å². The van der Waals surface area contributed by atoms with Gasteiger partial charge in [-0.25, -0.2) is 13.1 Å². The van der Waals surface area contributed by atoms with Crippen molar-refractivity contribution in [2.75, 3.05) is 4.90 Å². The van der Waals surface area contributed by atoms with Gasteiger partial charge in [0.2, 0.25) is 15.9 Å². The Balaban J connectivity index is 1.82. The van der Waals surface area contributed by atoms with E-state index in [2.05, 4.69) is 4.72 Å². The molecule has 0 aromatic heterocycles. The Morgan fingerprint density at radius 3 is 2.46 bits per heavy atom. The van der Waals surface area contributed by atoms with Gasteiger partial charge in [0.25, 0.3) is 0 Å². The van der Waals surface area contributed by atoms with Crippen LogP contribution in [-0.4, -0.2) is 26.4 Å². The number of fused-ring (bicyclic) bond motifs is 1. The lowest BCUT2D eigenvalue weighted by molar-refractivity contribution is -0.116. The summed E-state index contributed by atoms with van der Waals surface area (Å²) in [4.78, 5) is 13.8.